The molecule has 0 unspecified atom stereocenters. The summed E-state index contributed by atoms with van der Waals surface area (Å²) >= 11 is 0. The Morgan fingerprint density at radius 1 is 1.44 bits per heavy atom. The van der Waals surface area contributed by atoms with Gasteiger partial charge in [0.05, 0.1) is 0 Å². The van der Waals surface area contributed by atoms with Crippen LogP contribution in [-0.4, -0.2) is 16.0 Å². The zero-order chi connectivity index (χ0) is 13.9. The molecule has 0 atom stereocenters. The number of hydrogen-bond acceptors (Lipinski definition) is 3. The molecule has 1 N–H and O–H groups in total. The molecule has 5 nitrogen and oxygen atoms in total. The van der Waals surface area contributed by atoms with E-state index in [-0.39, 0.29) is 23.6 Å². The van der Waals surface area contributed by atoms with Gasteiger partial charge in [-0.1, -0.05) is 0 Å². The van der Waals surface area contributed by atoms with E-state index >= 15 is 0 Å². The summed E-state index contributed by atoms with van der Waals surface area (Å²) in [5.41, 5.74) is -0.0738. The first-order valence-electron chi connectivity index (χ1n) is 5.66. The van der Waals surface area contributed by atoms with Gasteiger partial charge in [-0.15, -0.1) is 0 Å². The third-order valence-electron chi connectivity index (χ3n) is 2.33. The number of carbonyl (C=O) groups is 1. The van der Waals surface area contributed by atoms with Gasteiger partial charge in [0.15, 0.2) is 0 Å². The van der Waals surface area contributed by atoms with Gasteiger partial charge in [0, 0.05) is 11.2 Å². The van der Waals surface area contributed by atoms with Gasteiger partial charge in [-0.05, 0) is 39.8 Å². The summed E-state index contributed by atoms with van der Waals surface area (Å²) < 4.78 is 1.31. The quantitative estimate of drug-likeness (QED) is 0.845. The smallest absolute Gasteiger partial charge is 0.269 e. The van der Waals surface area contributed by atoms with Crippen LogP contribution in [0.4, 0.5) is 0 Å². The number of rotatable bonds is 2. The van der Waals surface area contributed by atoms with Gasteiger partial charge >= 0.3 is 0 Å². The maximum Gasteiger partial charge on any atom is 0.269 e. The van der Waals surface area contributed by atoms with Gasteiger partial charge in [0.2, 0.25) is 5.91 Å². The molecule has 1 aromatic heterocycles. The highest BCUT2D eigenvalue weighted by atomic mass is 16.2. The molecule has 0 aliphatic rings. The minimum Gasteiger partial charge on any atom is -0.350 e. The van der Waals surface area contributed by atoms with Crippen molar-refractivity contribution in [3.63, 3.8) is 0 Å². The summed E-state index contributed by atoms with van der Waals surface area (Å²) in [6, 6.07) is 4.94. The van der Waals surface area contributed by atoms with Crippen molar-refractivity contribution in [3.8, 4) is 6.07 Å². The molecule has 1 amide bonds. The van der Waals surface area contributed by atoms with Crippen molar-refractivity contribution in [2.45, 2.75) is 39.8 Å². The summed E-state index contributed by atoms with van der Waals surface area (Å²) in [7, 11) is 0. The monoisotopic (exact) mass is 247 g/mol. The fourth-order valence-corrected chi connectivity index (χ4v) is 1.55. The Bertz CT molecular complexity index is 559. The Hall–Kier alpha value is -2.09. The van der Waals surface area contributed by atoms with Crippen LogP contribution in [0.3, 0.4) is 0 Å². The van der Waals surface area contributed by atoms with E-state index in [1.165, 1.54) is 10.6 Å². The number of nitrogens with zero attached hydrogens (tertiary/aromatic N) is 2. The Morgan fingerprint density at radius 3 is 2.56 bits per heavy atom. The predicted octanol–water partition coefficient (Wildman–Crippen LogP) is 0.943. The van der Waals surface area contributed by atoms with E-state index < -0.39 is 5.56 Å². The number of nitrogens with one attached hydrogen (secondary N) is 1. The lowest BCUT2D eigenvalue weighted by Gasteiger charge is -2.21. The second-order valence-electron chi connectivity index (χ2n) is 5.19. The molecule has 0 fully saturated rings. The molecule has 0 aromatic carbocycles. The summed E-state index contributed by atoms with van der Waals surface area (Å²) in [5.74, 6) is -0.247. The Balaban J connectivity index is 3.02. The van der Waals surface area contributed by atoms with Crippen molar-refractivity contribution in [3.05, 3.63) is 33.7 Å². The van der Waals surface area contributed by atoms with E-state index in [2.05, 4.69) is 5.32 Å². The first-order valence-corrected chi connectivity index (χ1v) is 5.66. The first-order chi connectivity index (χ1) is 8.24. The van der Waals surface area contributed by atoms with Crippen LogP contribution < -0.4 is 10.9 Å². The molecule has 1 heterocycles. The normalized spacial score (nSPS) is 10.8. The third kappa shape index (κ3) is 3.45. The lowest BCUT2D eigenvalue weighted by atomic mass is 10.1. The van der Waals surface area contributed by atoms with Crippen LogP contribution >= 0.6 is 0 Å². The van der Waals surface area contributed by atoms with Crippen LogP contribution in [0.1, 0.15) is 32.0 Å². The molecule has 1 aromatic rings. The SMILES string of the molecule is Cc1ccc(C#N)c(=O)n1CC(=O)NC(C)(C)C. The number of aromatic nitrogens is 1. The molecule has 96 valence electrons. The van der Waals surface area contributed by atoms with Crippen LogP contribution in [0.25, 0.3) is 0 Å². The van der Waals surface area contributed by atoms with Crippen LogP contribution in [0.5, 0.6) is 0 Å². The fraction of sp³-hybridized carbons (Fsp3) is 0.462. The molecule has 1 rings (SSSR count). The standard InChI is InChI=1S/C13H17N3O2/c1-9-5-6-10(7-14)12(18)16(9)8-11(17)15-13(2,3)4/h5-6H,8H2,1-4H3,(H,15,17). The van der Waals surface area contributed by atoms with Crippen molar-refractivity contribution in [2.75, 3.05) is 0 Å². The Morgan fingerprint density at radius 2 is 2.06 bits per heavy atom. The van der Waals surface area contributed by atoms with Gasteiger partial charge in [-0.25, -0.2) is 0 Å². The lowest BCUT2D eigenvalue weighted by molar-refractivity contribution is -0.123. The van der Waals surface area contributed by atoms with E-state index in [0.717, 1.165) is 0 Å². The lowest BCUT2D eigenvalue weighted by Crippen LogP contribution is -2.43. The average molecular weight is 247 g/mol. The fourth-order valence-electron chi connectivity index (χ4n) is 1.55. The molecule has 0 aliphatic carbocycles. The Kier molecular flexibility index (Phi) is 3.92. The predicted molar refractivity (Wildman–Crippen MR) is 68.0 cm³/mol. The van der Waals surface area contributed by atoms with E-state index in [0.29, 0.717) is 5.69 Å². The third-order valence-corrected chi connectivity index (χ3v) is 2.33. The average Bonchev–Trinajstić information content (AvgIpc) is 2.22. The second kappa shape index (κ2) is 5.05. The number of aryl methyl sites for hydroxylation is 1. The molecule has 0 aliphatic heterocycles. The van der Waals surface area contributed by atoms with Crippen LogP contribution in [0.2, 0.25) is 0 Å². The number of hydrogen-bond donors (Lipinski definition) is 1. The largest absolute Gasteiger partial charge is 0.350 e. The van der Waals surface area contributed by atoms with E-state index in [9.17, 15) is 9.59 Å². The molecule has 0 saturated heterocycles. The van der Waals surface area contributed by atoms with Crippen molar-refractivity contribution in [1.29, 1.82) is 5.26 Å². The first kappa shape index (κ1) is 14.0. The summed E-state index contributed by atoms with van der Waals surface area (Å²) in [6.45, 7) is 7.26. The Labute approximate surface area is 106 Å². The van der Waals surface area contributed by atoms with Crippen LogP contribution in [0, 0.1) is 18.3 Å². The van der Waals surface area contributed by atoms with Crippen molar-refractivity contribution in [2.24, 2.45) is 0 Å². The maximum atomic E-state index is 11.9. The molecule has 18 heavy (non-hydrogen) atoms. The van der Waals surface area contributed by atoms with Gasteiger partial charge in [-0.2, -0.15) is 5.26 Å². The number of amides is 1. The van der Waals surface area contributed by atoms with Gasteiger partial charge in [0.25, 0.3) is 5.56 Å². The molecule has 0 radical (unpaired) electrons. The molecule has 0 spiro atoms. The number of carbonyl (C=O) groups excluding carboxylic acids is 1. The van der Waals surface area contributed by atoms with Crippen LogP contribution in [-0.2, 0) is 11.3 Å². The summed E-state index contributed by atoms with van der Waals surface area (Å²) in [5, 5.41) is 11.6. The van der Waals surface area contributed by atoms with Crippen molar-refractivity contribution >= 4 is 5.91 Å². The maximum absolute atomic E-state index is 11.9. The van der Waals surface area contributed by atoms with Crippen LogP contribution in [0.15, 0.2) is 16.9 Å². The topological polar surface area (TPSA) is 74.9 Å². The second-order valence-corrected chi connectivity index (χ2v) is 5.19. The highest BCUT2D eigenvalue weighted by molar-refractivity contribution is 5.76. The van der Waals surface area contributed by atoms with E-state index in [4.69, 9.17) is 5.26 Å². The highest BCUT2D eigenvalue weighted by Crippen LogP contribution is 2.01. The molecule has 0 bridgehead atoms. The van der Waals surface area contributed by atoms with E-state index in [1.54, 1.807) is 13.0 Å². The van der Waals surface area contributed by atoms with E-state index in [1.807, 2.05) is 26.8 Å². The van der Waals surface area contributed by atoms with Crippen molar-refractivity contribution in [1.82, 2.24) is 9.88 Å². The molecular formula is C13H17N3O2. The van der Waals surface area contributed by atoms with Crippen molar-refractivity contribution < 1.29 is 4.79 Å². The highest BCUT2D eigenvalue weighted by Gasteiger charge is 2.15. The molecule has 0 saturated carbocycles. The minimum atomic E-state index is -0.429. The van der Waals surface area contributed by atoms with Gasteiger partial charge < -0.3 is 9.88 Å². The van der Waals surface area contributed by atoms with Gasteiger partial charge in [0.1, 0.15) is 18.2 Å². The number of pyridine rings is 1. The number of nitriles is 1. The zero-order valence-electron chi connectivity index (χ0n) is 11.1. The van der Waals surface area contributed by atoms with Gasteiger partial charge in [-0.3, -0.25) is 9.59 Å². The molecule has 5 heteroatoms. The minimum absolute atomic E-state index is 0.0455. The summed E-state index contributed by atoms with van der Waals surface area (Å²) in [6.07, 6.45) is 0. The summed E-state index contributed by atoms with van der Waals surface area (Å²) in [4.78, 5) is 23.7. The zero-order valence-corrected chi connectivity index (χ0v) is 11.1. The molecular weight excluding hydrogens is 230 g/mol.